The summed E-state index contributed by atoms with van der Waals surface area (Å²) in [6.07, 6.45) is 0. The van der Waals surface area contributed by atoms with Crippen molar-refractivity contribution in [2.75, 3.05) is 22.8 Å². The Balaban J connectivity index is 1.88. The number of halogens is 2. The fraction of sp³-hybridized carbons (Fsp3) is 0.167. The maximum atomic E-state index is 13.4. The van der Waals surface area contributed by atoms with E-state index in [1.54, 1.807) is 25.1 Å². The maximum Gasteiger partial charge on any atom is 0.339 e. The second kappa shape index (κ2) is 10.9. The minimum absolute atomic E-state index is 0.00644. The van der Waals surface area contributed by atoms with E-state index in [0.29, 0.717) is 16.4 Å². The third kappa shape index (κ3) is 6.08. The van der Waals surface area contributed by atoms with Crippen molar-refractivity contribution >= 4 is 56.5 Å². The second-order valence-corrected chi connectivity index (χ2v) is 9.97. The SMILES string of the molecule is CCOC(=O)c1ccc(NC(=O)CN(c2cccc(C)c2)S(=O)(=O)c2ccc(Cl)cc2)cc1Cl. The van der Waals surface area contributed by atoms with E-state index >= 15 is 0 Å². The predicted octanol–water partition coefficient (Wildman–Crippen LogP) is 5.31. The van der Waals surface area contributed by atoms with Crippen LogP contribution in [0.3, 0.4) is 0 Å². The van der Waals surface area contributed by atoms with E-state index in [4.69, 9.17) is 27.9 Å². The minimum Gasteiger partial charge on any atom is -0.462 e. The van der Waals surface area contributed by atoms with Gasteiger partial charge in [-0.3, -0.25) is 9.10 Å². The molecule has 3 rings (SSSR count). The van der Waals surface area contributed by atoms with Gasteiger partial charge in [0.15, 0.2) is 0 Å². The van der Waals surface area contributed by atoms with Crippen molar-refractivity contribution in [2.45, 2.75) is 18.7 Å². The number of ether oxygens (including phenoxy) is 1. The maximum absolute atomic E-state index is 13.4. The van der Waals surface area contributed by atoms with Crippen molar-refractivity contribution in [3.63, 3.8) is 0 Å². The highest BCUT2D eigenvalue weighted by molar-refractivity contribution is 7.92. The first-order chi connectivity index (χ1) is 16.1. The normalized spacial score (nSPS) is 11.1. The molecule has 0 heterocycles. The molecule has 7 nitrogen and oxygen atoms in total. The fourth-order valence-electron chi connectivity index (χ4n) is 3.13. The van der Waals surface area contributed by atoms with Crippen LogP contribution in [0.2, 0.25) is 10.0 Å². The number of sulfonamides is 1. The molecule has 10 heteroatoms. The predicted molar refractivity (Wildman–Crippen MR) is 133 cm³/mol. The third-order valence-electron chi connectivity index (χ3n) is 4.73. The summed E-state index contributed by atoms with van der Waals surface area (Å²) < 4.78 is 32.8. The van der Waals surface area contributed by atoms with Gasteiger partial charge in [0.1, 0.15) is 6.54 Å². The molecule has 1 N–H and O–H groups in total. The van der Waals surface area contributed by atoms with Crippen LogP contribution >= 0.6 is 23.2 Å². The van der Waals surface area contributed by atoms with Crippen molar-refractivity contribution in [2.24, 2.45) is 0 Å². The van der Waals surface area contributed by atoms with E-state index < -0.39 is 28.4 Å². The molecule has 3 aromatic rings. The lowest BCUT2D eigenvalue weighted by Gasteiger charge is -2.24. The lowest BCUT2D eigenvalue weighted by Crippen LogP contribution is -2.38. The zero-order valence-corrected chi connectivity index (χ0v) is 20.7. The van der Waals surface area contributed by atoms with Crippen LogP contribution in [-0.2, 0) is 19.6 Å². The van der Waals surface area contributed by atoms with Crippen LogP contribution in [0, 0.1) is 6.92 Å². The Morgan fingerprint density at radius 2 is 1.71 bits per heavy atom. The first-order valence-electron chi connectivity index (χ1n) is 10.2. The molecule has 34 heavy (non-hydrogen) atoms. The Hall–Kier alpha value is -3.07. The average Bonchev–Trinajstić information content (AvgIpc) is 2.78. The van der Waals surface area contributed by atoms with Crippen LogP contribution in [-0.4, -0.2) is 33.4 Å². The van der Waals surface area contributed by atoms with Crippen molar-refractivity contribution in [3.05, 3.63) is 87.9 Å². The summed E-state index contributed by atoms with van der Waals surface area (Å²) in [6, 6.07) is 16.8. The van der Waals surface area contributed by atoms with Gasteiger partial charge < -0.3 is 10.1 Å². The molecule has 0 radical (unpaired) electrons. The molecule has 0 saturated carbocycles. The van der Waals surface area contributed by atoms with Gasteiger partial charge in [-0.05, 0) is 74.0 Å². The van der Waals surface area contributed by atoms with Crippen LogP contribution in [0.25, 0.3) is 0 Å². The summed E-state index contributed by atoms with van der Waals surface area (Å²) in [5.41, 5.74) is 1.63. The first-order valence-corrected chi connectivity index (χ1v) is 12.4. The number of carbonyl (C=O) groups excluding carboxylic acids is 2. The third-order valence-corrected chi connectivity index (χ3v) is 7.08. The molecule has 0 aliphatic carbocycles. The molecule has 3 aromatic carbocycles. The molecule has 0 aromatic heterocycles. The zero-order chi connectivity index (χ0) is 24.9. The van der Waals surface area contributed by atoms with Crippen molar-refractivity contribution in [1.29, 1.82) is 0 Å². The number of aryl methyl sites for hydroxylation is 1. The number of hydrogen-bond acceptors (Lipinski definition) is 5. The summed E-state index contributed by atoms with van der Waals surface area (Å²) in [4.78, 5) is 24.8. The summed E-state index contributed by atoms with van der Waals surface area (Å²) >= 11 is 12.1. The summed E-state index contributed by atoms with van der Waals surface area (Å²) in [5.74, 6) is -1.18. The van der Waals surface area contributed by atoms with E-state index in [-0.39, 0.29) is 22.1 Å². The standard InChI is InChI=1S/C24H22Cl2N2O5S/c1-3-33-24(30)21-12-9-18(14-22(21)26)27-23(29)15-28(19-6-4-5-16(2)13-19)34(31,32)20-10-7-17(25)8-11-20/h4-14H,3,15H2,1-2H3,(H,27,29). The van der Waals surface area contributed by atoms with E-state index in [1.165, 1.54) is 42.5 Å². The molecule has 0 spiro atoms. The summed E-state index contributed by atoms with van der Waals surface area (Å²) in [5, 5.41) is 3.11. The Bertz CT molecular complexity index is 1310. The number of benzene rings is 3. The lowest BCUT2D eigenvalue weighted by atomic mass is 10.2. The Labute approximate surface area is 208 Å². The number of esters is 1. The van der Waals surface area contributed by atoms with Crippen LogP contribution in [0.1, 0.15) is 22.8 Å². The highest BCUT2D eigenvalue weighted by Gasteiger charge is 2.27. The molecular formula is C24H22Cl2N2O5S. The van der Waals surface area contributed by atoms with Crippen molar-refractivity contribution in [1.82, 2.24) is 0 Å². The second-order valence-electron chi connectivity index (χ2n) is 7.27. The molecule has 0 bridgehead atoms. The molecule has 178 valence electrons. The quantitative estimate of drug-likeness (QED) is 0.406. The molecule has 0 fully saturated rings. The van der Waals surface area contributed by atoms with E-state index in [9.17, 15) is 18.0 Å². The first kappa shape index (κ1) is 25.6. The molecule has 0 unspecified atom stereocenters. The van der Waals surface area contributed by atoms with E-state index in [0.717, 1.165) is 9.87 Å². The van der Waals surface area contributed by atoms with Gasteiger partial charge in [-0.15, -0.1) is 0 Å². The van der Waals surface area contributed by atoms with Crippen molar-refractivity contribution in [3.8, 4) is 0 Å². The lowest BCUT2D eigenvalue weighted by molar-refractivity contribution is -0.114. The van der Waals surface area contributed by atoms with Crippen molar-refractivity contribution < 1.29 is 22.7 Å². The van der Waals surface area contributed by atoms with Crippen LogP contribution in [0.15, 0.2) is 71.6 Å². The van der Waals surface area contributed by atoms with Gasteiger partial charge in [-0.1, -0.05) is 35.3 Å². The van der Waals surface area contributed by atoms with Gasteiger partial charge in [0.05, 0.1) is 27.8 Å². The topological polar surface area (TPSA) is 92.8 Å². The van der Waals surface area contributed by atoms with Crippen LogP contribution < -0.4 is 9.62 Å². The number of hydrogen-bond donors (Lipinski definition) is 1. The molecule has 1 amide bonds. The number of nitrogens with one attached hydrogen (secondary N) is 1. The summed E-state index contributed by atoms with van der Waals surface area (Å²) in [6.45, 7) is 3.21. The van der Waals surface area contributed by atoms with E-state index in [2.05, 4.69) is 5.32 Å². The fourth-order valence-corrected chi connectivity index (χ4v) is 4.93. The Kier molecular flexibility index (Phi) is 8.19. The highest BCUT2D eigenvalue weighted by atomic mass is 35.5. The number of amides is 1. The van der Waals surface area contributed by atoms with Gasteiger partial charge in [0, 0.05) is 10.7 Å². The molecule has 0 aliphatic rings. The molecule has 0 atom stereocenters. The average molecular weight is 521 g/mol. The summed E-state index contributed by atoms with van der Waals surface area (Å²) in [7, 11) is -4.08. The molecule has 0 saturated heterocycles. The van der Waals surface area contributed by atoms with Gasteiger partial charge in [-0.2, -0.15) is 0 Å². The van der Waals surface area contributed by atoms with Crippen LogP contribution in [0.4, 0.5) is 11.4 Å². The molecular weight excluding hydrogens is 499 g/mol. The van der Waals surface area contributed by atoms with Gasteiger partial charge in [-0.25, -0.2) is 13.2 Å². The highest BCUT2D eigenvalue weighted by Crippen LogP contribution is 2.26. The Morgan fingerprint density at radius 1 is 1.00 bits per heavy atom. The van der Waals surface area contributed by atoms with Gasteiger partial charge in [0.25, 0.3) is 10.0 Å². The van der Waals surface area contributed by atoms with E-state index in [1.807, 2.05) is 13.0 Å². The monoisotopic (exact) mass is 520 g/mol. The number of nitrogens with zero attached hydrogens (tertiary/aromatic N) is 1. The minimum atomic E-state index is -4.08. The molecule has 0 aliphatic heterocycles. The van der Waals surface area contributed by atoms with Gasteiger partial charge in [0.2, 0.25) is 5.91 Å². The largest absolute Gasteiger partial charge is 0.462 e. The number of anilines is 2. The van der Waals surface area contributed by atoms with Crippen LogP contribution in [0.5, 0.6) is 0 Å². The number of carbonyl (C=O) groups is 2. The van der Waals surface area contributed by atoms with Gasteiger partial charge >= 0.3 is 5.97 Å². The number of rotatable bonds is 8. The smallest absolute Gasteiger partial charge is 0.339 e. The zero-order valence-electron chi connectivity index (χ0n) is 18.4. The Morgan fingerprint density at radius 3 is 2.32 bits per heavy atom.